The van der Waals surface area contributed by atoms with Gasteiger partial charge < -0.3 is 16.4 Å². The topological polar surface area (TPSA) is 89.4 Å². The van der Waals surface area contributed by atoms with Crippen LogP contribution in [-0.4, -0.2) is 34.8 Å². The van der Waals surface area contributed by atoms with E-state index in [-0.39, 0.29) is 11.8 Å². The summed E-state index contributed by atoms with van der Waals surface area (Å²) >= 11 is 4.87. The van der Waals surface area contributed by atoms with Crippen molar-refractivity contribution < 1.29 is 9.59 Å². The fraction of sp³-hybridized carbons (Fsp3) is 0.357. The van der Waals surface area contributed by atoms with E-state index in [9.17, 15) is 9.59 Å². The molecule has 2 rings (SSSR count). The zero-order valence-corrected chi connectivity index (χ0v) is 12.1. The zero-order chi connectivity index (χ0) is 14.9. The van der Waals surface area contributed by atoms with E-state index >= 15 is 0 Å². The largest absolute Gasteiger partial charge is 0.389 e. The van der Waals surface area contributed by atoms with Gasteiger partial charge >= 0.3 is 0 Å². The minimum atomic E-state index is -0.631. The number of amides is 2. The maximum Gasteiger partial charge on any atom is 0.253 e. The van der Waals surface area contributed by atoms with Crippen molar-refractivity contribution in [2.45, 2.75) is 13.3 Å². The van der Waals surface area contributed by atoms with E-state index in [1.165, 1.54) is 0 Å². The number of hydrogen-bond acceptors (Lipinski definition) is 3. The summed E-state index contributed by atoms with van der Waals surface area (Å²) < 4.78 is 0. The molecule has 20 heavy (non-hydrogen) atoms. The van der Waals surface area contributed by atoms with Crippen molar-refractivity contribution in [2.24, 2.45) is 16.9 Å². The first kappa shape index (κ1) is 14.5. The van der Waals surface area contributed by atoms with E-state index < -0.39 is 5.41 Å². The van der Waals surface area contributed by atoms with Gasteiger partial charge in [-0.05, 0) is 25.5 Å². The highest BCUT2D eigenvalue weighted by Crippen LogP contribution is 2.30. The Kier molecular flexibility index (Phi) is 3.76. The lowest BCUT2D eigenvalue weighted by molar-refractivity contribution is -0.126. The van der Waals surface area contributed by atoms with Crippen molar-refractivity contribution in [1.29, 1.82) is 0 Å². The number of nitrogens with zero attached hydrogens (tertiary/aromatic N) is 1. The number of likely N-dealkylation sites (tertiary alicyclic amines) is 1. The fourth-order valence-electron chi connectivity index (χ4n) is 2.30. The normalized spacial score (nSPS) is 21.8. The molecule has 1 aliphatic rings. The predicted molar refractivity (Wildman–Crippen MR) is 80.2 cm³/mol. The third kappa shape index (κ3) is 2.65. The minimum absolute atomic E-state index is 0.107. The van der Waals surface area contributed by atoms with Gasteiger partial charge in [0.05, 0.1) is 5.41 Å². The highest BCUT2D eigenvalue weighted by atomic mass is 32.1. The van der Waals surface area contributed by atoms with E-state index in [4.69, 9.17) is 23.7 Å². The molecule has 1 aliphatic heterocycles. The molecule has 5 nitrogen and oxygen atoms in total. The smallest absolute Gasteiger partial charge is 0.253 e. The van der Waals surface area contributed by atoms with Gasteiger partial charge in [-0.3, -0.25) is 9.59 Å². The van der Waals surface area contributed by atoms with Crippen LogP contribution in [0.2, 0.25) is 0 Å². The van der Waals surface area contributed by atoms with Gasteiger partial charge in [-0.2, -0.15) is 0 Å². The standard InChI is InChI=1S/C14H17N3O2S/c1-14(13(16)19)6-7-17(8-14)12(18)10-4-2-9(3-5-10)11(15)20/h2-5H,6-8H2,1H3,(H2,15,20)(H2,16,19). The molecule has 6 heteroatoms. The molecule has 0 bridgehead atoms. The second kappa shape index (κ2) is 5.20. The predicted octanol–water partition coefficient (Wildman–Crippen LogP) is 0.658. The lowest BCUT2D eigenvalue weighted by Crippen LogP contribution is -2.38. The molecule has 1 atom stereocenters. The van der Waals surface area contributed by atoms with Gasteiger partial charge in [0.1, 0.15) is 4.99 Å². The van der Waals surface area contributed by atoms with Gasteiger partial charge in [-0.25, -0.2) is 0 Å². The Balaban J connectivity index is 2.13. The molecule has 0 saturated carbocycles. The van der Waals surface area contributed by atoms with Crippen LogP contribution in [0.1, 0.15) is 29.3 Å². The van der Waals surface area contributed by atoms with Gasteiger partial charge in [0, 0.05) is 24.2 Å². The fourth-order valence-corrected chi connectivity index (χ4v) is 2.43. The third-order valence-corrected chi connectivity index (χ3v) is 4.01. The number of primary amides is 1. The number of carbonyl (C=O) groups is 2. The Morgan fingerprint density at radius 3 is 2.20 bits per heavy atom. The summed E-state index contributed by atoms with van der Waals surface area (Å²) in [5.41, 5.74) is 11.5. The average molecular weight is 291 g/mol. The van der Waals surface area contributed by atoms with Crippen LogP contribution in [-0.2, 0) is 4.79 Å². The Labute approximate surface area is 122 Å². The molecule has 0 aliphatic carbocycles. The summed E-state index contributed by atoms with van der Waals surface area (Å²) in [4.78, 5) is 25.7. The Bertz CT molecular complexity index is 570. The summed E-state index contributed by atoms with van der Waals surface area (Å²) in [7, 11) is 0. The molecule has 1 heterocycles. The van der Waals surface area contributed by atoms with Gasteiger partial charge in [-0.15, -0.1) is 0 Å². The summed E-state index contributed by atoms with van der Waals surface area (Å²) in [6, 6.07) is 6.82. The van der Waals surface area contributed by atoms with Crippen LogP contribution in [0.4, 0.5) is 0 Å². The van der Waals surface area contributed by atoms with Crippen molar-refractivity contribution in [2.75, 3.05) is 13.1 Å². The number of rotatable bonds is 3. The van der Waals surface area contributed by atoms with Crippen molar-refractivity contribution in [3.05, 3.63) is 35.4 Å². The van der Waals surface area contributed by atoms with Crippen LogP contribution in [0.15, 0.2) is 24.3 Å². The maximum atomic E-state index is 12.3. The van der Waals surface area contributed by atoms with Gasteiger partial charge in [0.25, 0.3) is 5.91 Å². The summed E-state index contributed by atoms with van der Waals surface area (Å²) in [6.45, 7) is 2.69. The molecule has 1 unspecified atom stereocenters. The van der Waals surface area contributed by atoms with Crippen LogP contribution in [0.3, 0.4) is 0 Å². The molecule has 1 fully saturated rings. The van der Waals surface area contributed by atoms with Crippen LogP contribution in [0, 0.1) is 5.41 Å². The van der Waals surface area contributed by atoms with Crippen molar-refractivity contribution in [1.82, 2.24) is 4.90 Å². The van der Waals surface area contributed by atoms with Crippen LogP contribution in [0.25, 0.3) is 0 Å². The molecular formula is C14H17N3O2S. The van der Waals surface area contributed by atoms with Crippen molar-refractivity contribution in [3.63, 3.8) is 0 Å². The highest BCUT2D eigenvalue weighted by molar-refractivity contribution is 7.80. The summed E-state index contributed by atoms with van der Waals surface area (Å²) in [5, 5.41) is 0. The average Bonchev–Trinajstić information content (AvgIpc) is 2.82. The molecular weight excluding hydrogens is 274 g/mol. The van der Waals surface area contributed by atoms with Crippen LogP contribution in [0.5, 0.6) is 0 Å². The van der Waals surface area contributed by atoms with E-state index in [1.807, 2.05) is 0 Å². The SMILES string of the molecule is CC1(C(N)=O)CCN(C(=O)c2ccc(C(N)=S)cc2)C1. The molecule has 1 saturated heterocycles. The maximum absolute atomic E-state index is 12.3. The second-order valence-electron chi connectivity index (χ2n) is 5.34. The van der Waals surface area contributed by atoms with Crippen LogP contribution >= 0.6 is 12.2 Å². The molecule has 1 aromatic carbocycles. The number of thiocarbonyl (C=S) groups is 1. The van der Waals surface area contributed by atoms with Gasteiger partial charge in [0.2, 0.25) is 5.91 Å². The highest BCUT2D eigenvalue weighted by Gasteiger charge is 2.40. The van der Waals surface area contributed by atoms with Crippen molar-refractivity contribution >= 4 is 29.0 Å². The molecule has 0 radical (unpaired) electrons. The summed E-state index contributed by atoms with van der Waals surface area (Å²) in [5.74, 6) is -0.471. The van der Waals surface area contributed by atoms with Gasteiger partial charge in [0.15, 0.2) is 0 Å². The Hall–Kier alpha value is -1.95. The van der Waals surface area contributed by atoms with E-state index in [1.54, 1.807) is 36.1 Å². The van der Waals surface area contributed by atoms with E-state index in [0.717, 1.165) is 5.56 Å². The molecule has 2 amide bonds. The zero-order valence-electron chi connectivity index (χ0n) is 11.3. The third-order valence-electron chi connectivity index (χ3n) is 3.77. The number of benzene rings is 1. The molecule has 106 valence electrons. The molecule has 1 aromatic rings. The summed E-state index contributed by atoms with van der Waals surface area (Å²) in [6.07, 6.45) is 0.596. The monoisotopic (exact) mass is 291 g/mol. The Morgan fingerprint density at radius 2 is 1.75 bits per heavy atom. The second-order valence-corrected chi connectivity index (χ2v) is 5.78. The number of carbonyl (C=O) groups excluding carboxylic acids is 2. The first-order chi connectivity index (χ1) is 9.33. The first-order valence-corrected chi connectivity index (χ1v) is 6.73. The quantitative estimate of drug-likeness (QED) is 0.801. The van der Waals surface area contributed by atoms with E-state index in [0.29, 0.717) is 30.1 Å². The van der Waals surface area contributed by atoms with E-state index in [2.05, 4.69) is 0 Å². The first-order valence-electron chi connectivity index (χ1n) is 6.32. The lowest BCUT2D eigenvalue weighted by atomic mass is 9.89. The number of nitrogens with two attached hydrogens (primary N) is 2. The molecule has 0 aromatic heterocycles. The van der Waals surface area contributed by atoms with Gasteiger partial charge in [-0.1, -0.05) is 24.4 Å². The Morgan fingerprint density at radius 1 is 1.20 bits per heavy atom. The number of hydrogen-bond donors (Lipinski definition) is 2. The minimum Gasteiger partial charge on any atom is -0.389 e. The molecule has 4 N–H and O–H groups in total. The molecule has 0 spiro atoms. The van der Waals surface area contributed by atoms with Crippen molar-refractivity contribution in [3.8, 4) is 0 Å². The van der Waals surface area contributed by atoms with Crippen LogP contribution < -0.4 is 11.5 Å². The lowest BCUT2D eigenvalue weighted by Gasteiger charge is -2.21.